The van der Waals surface area contributed by atoms with Gasteiger partial charge in [0.1, 0.15) is 10.0 Å². The van der Waals surface area contributed by atoms with Crippen LogP contribution in [0.3, 0.4) is 0 Å². The molecule has 0 unspecified atom stereocenters. The quantitative estimate of drug-likeness (QED) is 0.827. The molecule has 0 aromatic carbocycles. The number of rotatable bonds is 3. The van der Waals surface area contributed by atoms with Gasteiger partial charge in [0, 0.05) is 12.4 Å². The summed E-state index contributed by atoms with van der Waals surface area (Å²) < 4.78 is 81.1. The normalized spacial score (nSPS) is 13.6. The van der Waals surface area contributed by atoms with Gasteiger partial charge in [0.2, 0.25) is 0 Å². The van der Waals surface area contributed by atoms with Crippen molar-refractivity contribution in [2.45, 2.75) is 10.4 Å². The van der Waals surface area contributed by atoms with Gasteiger partial charge in [0.15, 0.2) is 10.0 Å². The van der Waals surface area contributed by atoms with Gasteiger partial charge in [-0.25, -0.2) is 16.8 Å². The Bertz CT molecular complexity index is 594. The molecule has 0 atom stereocenters. The lowest BCUT2D eigenvalue weighted by atomic mass is 10.5. The number of alkyl halides is 3. The molecule has 6 nitrogen and oxygen atoms in total. The SMILES string of the molecule is O=S(=O)([N-]S(=O)(=O)C(F)(F)F)c1cccnc1. The first kappa shape index (κ1) is 13.9. The first-order chi connectivity index (χ1) is 7.56. The summed E-state index contributed by atoms with van der Waals surface area (Å²) in [7, 11) is -11.0. The van der Waals surface area contributed by atoms with Crippen LogP contribution in [0, 0.1) is 0 Å². The molecule has 0 aliphatic rings. The minimum Gasteiger partial charge on any atom is -0.424 e. The molecule has 0 spiro atoms. The molecule has 0 fully saturated rings. The summed E-state index contributed by atoms with van der Waals surface area (Å²) in [4.78, 5) is 2.59. The van der Waals surface area contributed by atoms with E-state index in [0.717, 1.165) is 18.3 Å². The smallest absolute Gasteiger partial charge is 0.424 e. The lowest BCUT2D eigenvalue weighted by Crippen LogP contribution is -2.24. The minimum atomic E-state index is -6.09. The first-order valence-electron chi connectivity index (χ1n) is 3.77. The highest BCUT2D eigenvalue weighted by Crippen LogP contribution is 2.32. The Balaban J connectivity index is 3.14. The highest BCUT2D eigenvalue weighted by molar-refractivity contribution is 8.12. The van der Waals surface area contributed by atoms with Gasteiger partial charge >= 0.3 is 5.51 Å². The predicted molar refractivity (Wildman–Crippen MR) is 49.8 cm³/mol. The van der Waals surface area contributed by atoms with Crippen molar-refractivity contribution in [2.75, 3.05) is 0 Å². The molecule has 0 aliphatic heterocycles. The number of aromatic nitrogens is 1. The van der Waals surface area contributed by atoms with Crippen LogP contribution >= 0.6 is 0 Å². The van der Waals surface area contributed by atoms with E-state index in [1.807, 2.05) is 4.13 Å². The molecular formula is C6H4F3N2O4S2-. The maximum Gasteiger partial charge on any atom is 0.480 e. The number of hydrogen-bond acceptors (Lipinski definition) is 5. The van der Waals surface area contributed by atoms with Crippen LogP contribution in [0.1, 0.15) is 0 Å². The van der Waals surface area contributed by atoms with E-state index < -0.39 is 30.5 Å². The fourth-order valence-corrected chi connectivity index (χ4v) is 2.87. The van der Waals surface area contributed by atoms with Crippen molar-refractivity contribution in [3.63, 3.8) is 0 Å². The molecule has 1 rings (SSSR count). The molecule has 1 aromatic rings. The molecule has 0 bridgehead atoms. The maximum absolute atomic E-state index is 11.9. The highest BCUT2D eigenvalue weighted by atomic mass is 32.3. The van der Waals surface area contributed by atoms with Crippen LogP contribution in [-0.4, -0.2) is 27.3 Å². The molecule has 96 valence electrons. The second kappa shape index (κ2) is 4.23. The second-order valence-electron chi connectivity index (χ2n) is 2.66. The Morgan fingerprint density at radius 1 is 1.18 bits per heavy atom. The number of pyridine rings is 1. The lowest BCUT2D eigenvalue weighted by molar-refractivity contribution is -0.0425. The van der Waals surface area contributed by atoms with Gasteiger partial charge in [-0.15, -0.1) is 0 Å². The molecule has 0 radical (unpaired) electrons. The molecule has 0 aliphatic carbocycles. The van der Waals surface area contributed by atoms with Crippen LogP contribution in [-0.2, 0) is 20.0 Å². The van der Waals surface area contributed by atoms with Gasteiger partial charge in [-0.1, -0.05) is 0 Å². The standard InChI is InChI=1S/C6H4F3N2O4S2/c7-6(8,9)17(14,15)11-16(12,13)5-2-1-3-10-4-5/h1-4H/q-1. The van der Waals surface area contributed by atoms with Gasteiger partial charge in [-0.05, 0) is 12.1 Å². The second-order valence-corrected chi connectivity index (χ2v) is 6.09. The summed E-state index contributed by atoms with van der Waals surface area (Å²) in [5.41, 5.74) is -5.76. The number of halogens is 3. The molecular weight excluding hydrogens is 285 g/mol. The van der Waals surface area contributed by atoms with Gasteiger partial charge in [-0.3, -0.25) is 4.98 Å². The van der Waals surface area contributed by atoms with Gasteiger partial charge < -0.3 is 4.13 Å². The molecule has 11 heteroatoms. The van der Waals surface area contributed by atoms with Crippen molar-refractivity contribution in [1.29, 1.82) is 0 Å². The Kier molecular flexibility index (Phi) is 3.45. The summed E-state index contributed by atoms with van der Waals surface area (Å²) in [5, 5.41) is 0. The molecule has 0 saturated heterocycles. The van der Waals surface area contributed by atoms with Gasteiger partial charge in [-0.2, -0.15) is 13.2 Å². The summed E-state index contributed by atoms with van der Waals surface area (Å²) in [6.45, 7) is 0. The Morgan fingerprint density at radius 2 is 1.76 bits per heavy atom. The third kappa shape index (κ3) is 3.14. The van der Waals surface area contributed by atoms with Crippen LogP contribution in [0.5, 0.6) is 0 Å². The molecule has 1 heterocycles. The summed E-state index contributed by atoms with van der Waals surface area (Å²) in [6.07, 6.45) is 1.85. The Morgan fingerprint density at radius 3 is 2.18 bits per heavy atom. The van der Waals surface area contributed by atoms with Gasteiger partial charge in [0.25, 0.3) is 0 Å². The highest BCUT2D eigenvalue weighted by Gasteiger charge is 2.40. The zero-order valence-electron chi connectivity index (χ0n) is 7.79. The largest absolute Gasteiger partial charge is 0.480 e. The van der Waals surface area contributed by atoms with E-state index in [-0.39, 0.29) is 0 Å². The van der Waals surface area contributed by atoms with Crippen molar-refractivity contribution >= 4 is 20.0 Å². The number of hydrogen-bond donors (Lipinski definition) is 0. The van der Waals surface area contributed by atoms with Crippen molar-refractivity contribution in [2.24, 2.45) is 0 Å². The van der Waals surface area contributed by atoms with E-state index in [0.29, 0.717) is 6.20 Å². The van der Waals surface area contributed by atoms with Crippen LogP contribution in [0.15, 0.2) is 29.4 Å². The summed E-state index contributed by atoms with van der Waals surface area (Å²) in [6, 6.07) is 1.99. The fourth-order valence-electron chi connectivity index (χ4n) is 0.714. The third-order valence-corrected chi connectivity index (χ3v) is 4.41. The molecule has 1 aromatic heterocycles. The zero-order chi connectivity index (χ0) is 13.3. The first-order valence-corrected chi connectivity index (χ1v) is 6.65. The Labute approximate surface area is 94.6 Å². The third-order valence-electron chi connectivity index (χ3n) is 1.42. The van der Waals surface area contributed by atoms with Crippen LogP contribution in [0.2, 0.25) is 0 Å². The van der Waals surface area contributed by atoms with Crippen molar-refractivity contribution in [1.82, 2.24) is 4.98 Å². The number of nitrogens with zero attached hydrogens (tertiary/aromatic N) is 2. The van der Waals surface area contributed by atoms with Crippen LogP contribution in [0.4, 0.5) is 13.2 Å². The molecule has 0 amide bonds. The molecule has 17 heavy (non-hydrogen) atoms. The zero-order valence-corrected chi connectivity index (χ0v) is 9.42. The van der Waals surface area contributed by atoms with Crippen LogP contribution < -0.4 is 0 Å². The summed E-state index contributed by atoms with van der Waals surface area (Å²) in [5.74, 6) is 0. The van der Waals surface area contributed by atoms with E-state index >= 15 is 0 Å². The minimum absolute atomic E-state index is 0.685. The van der Waals surface area contributed by atoms with E-state index in [9.17, 15) is 30.0 Å². The molecule has 0 saturated carbocycles. The molecule has 0 N–H and O–H groups in total. The van der Waals surface area contributed by atoms with E-state index in [1.165, 1.54) is 0 Å². The predicted octanol–water partition coefficient (Wildman–Crippen LogP) is 0.994. The average Bonchev–Trinajstić information content (AvgIpc) is 2.15. The number of sulfonamides is 2. The van der Waals surface area contributed by atoms with E-state index in [1.54, 1.807) is 0 Å². The maximum atomic E-state index is 11.9. The summed E-state index contributed by atoms with van der Waals surface area (Å²) >= 11 is 0. The average molecular weight is 289 g/mol. The van der Waals surface area contributed by atoms with E-state index in [2.05, 4.69) is 4.98 Å². The monoisotopic (exact) mass is 289 g/mol. The topological polar surface area (TPSA) is 95.3 Å². The van der Waals surface area contributed by atoms with Crippen LogP contribution in [0.25, 0.3) is 4.13 Å². The fraction of sp³-hybridized carbons (Fsp3) is 0.167. The Hall–Kier alpha value is -1.20. The van der Waals surface area contributed by atoms with E-state index in [4.69, 9.17) is 0 Å². The van der Waals surface area contributed by atoms with Gasteiger partial charge in [0.05, 0.1) is 4.90 Å². The van der Waals surface area contributed by atoms with Crippen molar-refractivity contribution in [3.8, 4) is 0 Å². The lowest BCUT2D eigenvalue weighted by Gasteiger charge is -2.21. The van der Waals surface area contributed by atoms with Crippen molar-refractivity contribution in [3.05, 3.63) is 28.7 Å². The van der Waals surface area contributed by atoms with Crippen molar-refractivity contribution < 1.29 is 30.0 Å².